The Bertz CT molecular complexity index is 597. The van der Waals surface area contributed by atoms with Crippen molar-refractivity contribution in [1.29, 1.82) is 0 Å². The number of benzene rings is 2. The van der Waals surface area contributed by atoms with Crippen LogP contribution in [0.5, 0.6) is 5.75 Å². The maximum atomic E-state index is 5.87. The lowest BCUT2D eigenvalue weighted by Crippen LogP contribution is -2.12. The van der Waals surface area contributed by atoms with Gasteiger partial charge in [0.25, 0.3) is 0 Å². The maximum Gasteiger partial charge on any atom is 0.142 e. The van der Waals surface area contributed by atoms with Gasteiger partial charge in [-0.05, 0) is 37.6 Å². The second-order valence-electron chi connectivity index (χ2n) is 5.21. The highest BCUT2D eigenvalue weighted by Gasteiger charge is 2.23. The van der Waals surface area contributed by atoms with Crippen LogP contribution in [0.4, 0.5) is 5.69 Å². The summed E-state index contributed by atoms with van der Waals surface area (Å²) in [6.45, 7) is 4.11. The monoisotopic (exact) mass is 285 g/mol. The summed E-state index contributed by atoms with van der Waals surface area (Å²) in [5, 5.41) is 3.63. The molecular formula is C17H19NOS. The van der Waals surface area contributed by atoms with Crippen LogP contribution in [0.15, 0.2) is 53.4 Å². The predicted molar refractivity (Wildman–Crippen MR) is 85.7 cm³/mol. The van der Waals surface area contributed by atoms with Crippen molar-refractivity contribution in [3.63, 3.8) is 0 Å². The Hall–Kier alpha value is -1.61. The minimum Gasteiger partial charge on any atom is -0.489 e. The first-order chi connectivity index (χ1) is 9.74. The van der Waals surface area contributed by atoms with E-state index >= 15 is 0 Å². The van der Waals surface area contributed by atoms with E-state index in [0.717, 1.165) is 17.2 Å². The fourth-order valence-electron chi connectivity index (χ4n) is 2.41. The number of ether oxygens (including phenoxy) is 1. The number of hydrogen-bond donors (Lipinski definition) is 1. The van der Waals surface area contributed by atoms with Gasteiger partial charge in [0.15, 0.2) is 0 Å². The Morgan fingerprint density at radius 2 is 1.85 bits per heavy atom. The SMILES string of the molecule is CC(C)Oc1ccccc1NC1CSc2ccccc21. The van der Waals surface area contributed by atoms with Crippen molar-refractivity contribution in [1.82, 2.24) is 0 Å². The highest BCUT2D eigenvalue weighted by atomic mass is 32.2. The molecule has 2 nitrogen and oxygen atoms in total. The molecule has 1 heterocycles. The van der Waals surface area contributed by atoms with Crippen LogP contribution in [0.2, 0.25) is 0 Å². The Balaban J connectivity index is 1.82. The molecule has 1 atom stereocenters. The summed E-state index contributed by atoms with van der Waals surface area (Å²) in [6.07, 6.45) is 0.184. The van der Waals surface area contributed by atoms with Crippen molar-refractivity contribution < 1.29 is 4.74 Å². The summed E-state index contributed by atoms with van der Waals surface area (Å²) in [5.41, 5.74) is 2.46. The van der Waals surface area contributed by atoms with Gasteiger partial charge in [0.05, 0.1) is 17.8 Å². The molecule has 0 bridgehead atoms. The zero-order chi connectivity index (χ0) is 13.9. The quantitative estimate of drug-likeness (QED) is 0.877. The molecule has 1 unspecified atom stereocenters. The first-order valence-electron chi connectivity index (χ1n) is 6.98. The lowest BCUT2D eigenvalue weighted by Gasteiger charge is -2.19. The molecule has 0 aromatic heterocycles. The van der Waals surface area contributed by atoms with Gasteiger partial charge in [-0.15, -0.1) is 11.8 Å². The highest BCUT2D eigenvalue weighted by Crippen LogP contribution is 2.40. The molecule has 3 heteroatoms. The van der Waals surface area contributed by atoms with Crippen LogP contribution in [0.3, 0.4) is 0 Å². The van der Waals surface area contributed by atoms with Crippen molar-refractivity contribution >= 4 is 17.4 Å². The van der Waals surface area contributed by atoms with Gasteiger partial charge in [-0.25, -0.2) is 0 Å². The summed E-state index contributed by atoms with van der Waals surface area (Å²) >= 11 is 1.91. The number of fused-ring (bicyclic) bond motifs is 1. The Labute approximate surface area is 124 Å². The van der Waals surface area contributed by atoms with Crippen LogP contribution in [-0.4, -0.2) is 11.9 Å². The van der Waals surface area contributed by atoms with E-state index in [0.29, 0.717) is 6.04 Å². The molecule has 1 aliphatic rings. The molecule has 0 spiro atoms. The van der Waals surface area contributed by atoms with Crippen LogP contribution in [0.1, 0.15) is 25.5 Å². The van der Waals surface area contributed by atoms with E-state index in [1.807, 2.05) is 30.0 Å². The van der Waals surface area contributed by atoms with Gasteiger partial charge < -0.3 is 10.1 Å². The third-order valence-corrected chi connectivity index (χ3v) is 4.46. The van der Waals surface area contributed by atoms with E-state index in [1.165, 1.54) is 10.5 Å². The second kappa shape index (κ2) is 5.80. The first-order valence-corrected chi connectivity index (χ1v) is 7.96. The van der Waals surface area contributed by atoms with Crippen molar-refractivity contribution in [2.24, 2.45) is 0 Å². The minimum absolute atomic E-state index is 0.184. The number of thioether (sulfide) groups is 1. The van der Waals surface area contributed by atoms with Crippen LogP contribution >= 0.6 is 11.8 Å². The van der Waals surface area contributed by atoms with Crippen molar-refractivity contribution in [2.75, 3.05) is 11.1 Å². The standard InChI is InChI=1S/C17H19NOS/c1-12(2)19-16-9-5-4-8-14(16)18-15-11-20-17-10-6-3-7-13(15)17/h3-10,12,15,18H,11H2,1-2H3. The van der Waals surface area contributed by atoms with Crippen molar-refractivity contribution in [3.8, 4) is 5.75 Å². The summed E-state index contributed by atoms with van der Waals surface area (Å²) in [4.78, 5) is 1.38. The number of para-hydroxylation sites is 2. The van der Waals surface area contributed by atoms with E-state index in [9.17, 15) is 0 Å². The number of rotatable bonds is 4. The maximum absolute atomic E-state index is 5.87. The normalized spacial score (nSPS) is 17.1. The zero-order valence-electron chi connectivity index (χ0n) is 11.8. The lowest BCUT2D eigenvalue weighted by molar-refractivity contribution is 0.243. The Morgan fingerprint density at radius 3 is 2.70 bits per heavy atom. The molecule has 1 aliphatic heterocycles. The highest BCUT2D eigenvalue weighted by molar-refractivity contribution is 7.99. The number of nitrogens with one attached hydrogen (secondary N) is 1. The topological polar surface area (TPSA) is 21.3 Å². The average Bonchev–Trinajstić information content (AvgIpc) is 2.84. The second-order valence-corrected chi connectivity index (χ2v) is 6.27. The van der Waals surface area contributed by atoms with Gasteiger partial charge in [-0.1, -0.05) is 30.3 Å². The molecular weight excluding hydrogens is 266 g/mol. The Morgan fingerprint density at radius 1 is 1.10 bits per heavy atom. The largest absolute Gasteiger partial charge is 0.489 e. The molecule has 1 N–H and O–H groups in total. The molecule has 0 aliphatic carbocycles. The van der Waals surface area contributed by atoms with E-state index in [2.05, 4.69) is 49.5 Å². The fourth-order valence-corrected chi connectivity index (χ4v) is 3.57. The molecule has 3 rings (SSSR count). The van der Waals surface area contributed by atoms with Gasteiger partial charge in [-0.2, -0.15) is 0 Å². The third-order valence-electron chi connectivity index (χ3n) is 3.28. The molecule has 20 heavy (non-hydrogen) atoms. The molecule has 2 aromatic rings. The summed E-state index contributed by atoms with van der Waals surface area (Å²) in [5.74, 6) is 1.99. The van der Waals surface area contributed by atoms with Gasteiger partial charge in [0.1, 0.15) is 5.75 Å². The van der Waals surface area contributed by atoms with Crippen molar-refractivity contribution in [3.05, 3.63) is 54.1 Å². The van der Waals surface area contributed by atoms with Gasteiger partial charge in [0.2, 0.25) is 0 Å². The van der Waals surface area contributed by atoms with Crippen LogP contribution in [0.25, 0.3) is 0 Å². The van der Waals surface area contributed by atoms with Crippen LogP contribution in [-0.2, 0) is 0 Å². The van der Waals surface area contributed by atoms with Gasteiger partial charge in [-0.3, -0.25) is 0 Å². The van der Waals surface area contributed by atoms with E-state index < -0.39 is 0 Å². The summed E-state index contributed by atoms with van der Waals surface area (Å²) in [6, 6.07) is 17.1. The molecule has 104 valence electrons. The Kier molecular flexibility index (Phi) is 3.88. The van der Waals surface area contributed by atoms with Crippen LogP contribution in [0, 0.1) is 0 Å². The van der Waals surface area contributed by atoms with Gasteiger partial charge >= 0.3 is 0 Å². The van der Waals surface area contributed by atoms with E-state index in [-0.39, 0.29) is 6.10 Å². The minimum atomic E-state index is 0.184. The first kappa shape index (κ1) is 13.4. The van der Waals surface area contributed by atoms with E-state index in [4.69, 9.17) is 4.74 Å². The molecule has 0 amide bonds. The number of hydrogen-bond acceptors (Lipinski definition) is 3. The average molecular weight is 285 g/mol. The molecule has 0 saturated heterocycles. The molecule has 2 aromatic carbocycles. The smallest absolute Gasteiger partial charge is 0.142 e. The van der Waals surface area contributed by atoms with Crippen molar-refractivity contribution in [2.45, 2.75) is 30.9 Å². The molecule has 0 fully saturated rings. The molecule has 0 saturated carbocycles. The van der Waals surface area contributed by atoms with Crippen LogP contribution < -0.4 is 10.1 Å². The zero-order valence-corrected chi connectivity index (χ0v) is 12.6. The molecule has 0 radical (unpaired) electrons. The lowest BCUT2D eigenvalue weighted by atomic mass is 10.1. The predicted octanol–water partition coefficient (Wildman–Crippen LogP) is 4.73. The summed E-state index contributed by atoms with van der Waals surface area (Å²) < 4.78 is 5.87. The number of anilines is 1. The van der Waals surface area contributed by atoms with E-state index in [1.54, 1.807) is 0 Å². The fraction of sp³-hybridized carbons (Fsp3) is 0.294. The summed E-state index contributed by atoms with van der Waals surface area (Å²) in [7, 11) is 0. The van der Waals surface area contributed by atoms with Gasteiger partial charge in [0, 0.05) is 10.6 Å². The third kappa shape index (κ3) is 2.78.